The Morgan fingerprint density at radius 3 is 2.80 bits per heavy atom. The zero-order chi connectivity index (χ0) is 10.5. The van der Waals surface area contributed by atoms with E-state index in [0.29, 0.717) is 12.4 Å². The van der Waals surface area contributed by atoms with Crippen LogP contribution in [0.1, 0.15) is 18.6 Å². The number of nitrogens with zero attached hydrogens (tertiary/aromatic N) is 2. The van der Waals surface area contributed by atoms with E-state index in [1.807, 2.05) is 19.1 Å². The summed E-state index contributed by atoms with van der Waals surface area (Å²) in [6.07, 6.45) is 6.14. The summed E-state index contributed by atoms with van der Waals surface area (Å²) in [5.74, 6) is 1.63. The largest absolute Gasteiger partial charge is 0.444 e. The summed E-state index contributed by atoms with van der Waals surface area (Å²) < 4.78 is 5.47. The maximum atomic E-state index is 5.47. The Morgan fingerprint density at radius 2 is 2.13 bits per heavy atom. The fraction of sp³-hybridized carbons (Fsp3) is 0.273. The molecule has 0 spiro atoms. The first-order chi connectivity index (χ1) is 7.38. The lowest BCUT2D eigenvalue weighted by molar-refractivity contribution is 0.466. The topological polar surface area (TPSA) is 51.0 Å². The minimum absolute atomic E-state index is 0.601. The Balaban J connectivity index is 1.93. The first kappa shape index (κ1) is 9.71. The average molecular weight is 203 g/mol. The molecule has 0 radical (unpaired) electrons. The Hall–Kier alpha value is -1.84. The third-order valence-electron chi connectivity index (χ3n) is 2.07. The normalized spacial score (nSPS) is 10.2. The fourth-order valence-electron chi connectivity index (χ4n) is 1.24. The number of aromatic nitrogens is 2. The zero-order valence-electron chi connectivity index (χ0n) is 8.60. The van der Waals surface area contributed by atoms with Crippen molar-refractivity contribution in [2.75, 3.05) is 5.32 Å². The second-order valence-corrected chi connectivity index (χ2v) is 3.16. The molecule has 1 N–H and O–H groups in total. The van der Waals surface area contributed by atoms with Crippen molar-refractivity contribution in [3.05, 3.63) is 42.4 Å². The van der Waals surface area contributed by atoms with Gasteiger partial charge in [0, 0.05) is 24.5 Å². The van der Waals surface area contributed by atoms with Gasteiger partial charge in [-0.1, -0.05) is 6.92 Å². The molecule has 4 nitrogen and oxygen atoms in total. The van der Waals surface area contributed by atoms with Crippen LogP contribution in [0.25, 0.3) is 0 Å². The van der Waals surface area contributed by atoms with E-state index in [1.165, 1.54) is 0 Å². The van der Waals surface area contributed by atoms with Crippen molar-refractivity contribution in [1.82, 2.24) is 9.97 Å². The molecule has 2 heterocycles. The number of anilines is 1. The fourth-order valence-corrected chi connectivity index (χ4v) is 1.24. The summed E-state index contributed by atoms with van der Waals surface area (Å²) in [6, 6.07) is 3.81. The van der Waals surface area contributed by atoms with Crippen molar-refractivity contribution in [2.24, 2.45) is 0 Å². The molecule has 4 heteroatoms. The number of aryl methyl sites for hydroxylation is 1. The van der Waals surface area contributed by atoms with Crippen LogP contribution in [-0.4, -0.2) is 9.97 Å². The predicted octanol–water partition coefficient (Wildman–Crippen LogP) is 2.24. The lowest BCUT2D eigenvalue weighted by atomic mass is 10.4. The summed E-state index contributed by atoms with van der Waals surface area (Å²) in [7, 11) is 0. The first-order valence-corrected chi connectivity index (χ1v) is 4.96. The van der Waals surface area contributed by atoms with Crippen molar-refractivity contribution in [3.8, 4) is 0 Å². The lowest BCUT2D eigenvalue weighted by Gasteiger charge is -2.01. The summed E-state index contributed by atoms with van der Waals surface area (Å²) in [6.45, 7) is 2.64. The van der Waals surface area contributed by atoms with Crippen LogP contribution in [0.4, 0.5) is 5.69 Å². The van der Waals surface area contributed by atoms with Gasteiger partial charge in [-0.2, -0.15) is 0 Å². The number of oxazole rings is 1. The van der Waals surface area contributed by atoms with Gasteiger partial charge in [-0.25, -0.2) is 4.98 Å². The van der Waals surface area contributed by atoms with E-state index in [4.69, 9.17) is 4.42 Å². The standard InChI is InChI=1S/C11H13N3O/c1-2-10-7-14-11(15-10)8-13-9-3-5-12-6-4-9/h3-7H,2,8H2,1H3,(H,12,13). The molecule has 2 aromatic heterocycles. The summed E-state index contributed by atoms with van der Waals surface area (Å²) in [5.41, 5.74) is 1.02. The molecule has 2 rings (SSSR count). The molecule has 0 aromatic carbocycles. The van der Waals surface area contributed by atoms with Gasteiger partial charge >= 0.3 is 0 Å². The van der Waals surface area contributed by atoms with E-state index in [9.17, 15) is 0 Å². The molecular weight excluding hydrogens is 190 g/mol. The molecule has 0 aliphatic heterocycles. The van der Waals surface area contributed by atoms with Gasteiger partial charge in [0.25, 0.3) is 0 Å². The van der Waals surface area contributed by atoms with Gasteiger partial charge < -0.3 is 9.73 Å². The zero-order valence-corrected chi connectivity index (χ0v) is 8.60. The molecule has 0 saturated heterocycles. The molecule has 15 heavy (non-hydrogen) atoms. The second kappa shape index (κ2) is 4.59. The highest BCUT2D eigenvalue weighted by molar-refractivity contribution is 5.40. The van der Waals surface area contributed by atoms with E-state index >= 15 is 0 Å². The molecule has 0 aliphatic carbocycles. The van der Waals surface area contributed by atoms with Crippen LogP contribution in [0, 0.1) is 0 Å². The highest BCUT2D eigenvalue weighted by Crippen LogP contribution is 2.08. The Morgan fingerprint density at radius 1 is 1.33 bits per heavy atom. The number of pyridine rings is 1. The van der Waals surface area contributed by atoms with E-state index in [2.05, 4.69) is 15.3 Å². The van der Waals surface area contributed by atoms with Gasteiger partial charge in [-0.05, 0) is 12.1 Å². The summed E-state index contributed by atoms with van der Waals surface area (Å²) in [5, 5.41) is 3.20. The number of hydrogen-bond donors (Lipinski definition) is 1. The monoisotopic (exact) mass is 203 g/mol. The van der Waals surface area contributed by atoms with Gasteiger partial charge in [-0.3, -0.25) is 4.98 Å². The van der Waals surface area contributed by atoms with E-state index in [1.54, 1.807) is 18.6 Å². The van der Waals surface area contributed by atoms with Crippen LogP contribution in [0.5, 0.6) is 0 Å². The number of nitrogens with one attached hydrogen (secondary N) is 1. The lowest BCUT2D eigenvalue weighted by Crippen LogP contribution is -1.99. The predicted molar refractivity (Wildman–Crippen MR) is 57.4 cm³/mol. The molecule has 78 valence electrons. The quantitative estimate of drug-likeness (QED) is 0.828. The van der Waals surface area contributed by atoms with Crippen molar-refractivity contribution in [2.45, 2.75) is 19.9 Å². The number of hydrogen-bond acceptors (Lipinski definition) is 4. The van der Waals surface area contributed by atoms with Crippen LogP contribution >= 0.6 is 0 Å². The SMILES string of the molecule is CCc1cnc(CNc2ccncc2)o1. The van der Waals surface area contributed by atoms with Gasteiger partial charge in [0.05, 0.1) is 12.7 Å². The van der Waals surface area contributed by atoms with Gasteiger partial charge in [0.2, 0.25) is 5.89 Å². The van der Waals surface area contributed by atoms with Crippen molar-refractivity contribution < 1.29 is 4.42 Å². The molecule has 0 aliphatic rings. The third kappa shape index (κ3) is 2.56. The van der Waals surface area contributed by atoms with Crippen LogP contribution < -0.4 is 5.32 Å². The summed E-state index contributed by atoms with van der Waals surface area (Å²) >= 11 is 0. The minimum atomic E-state index is 0.601. The molecule has 0 fully saturated rings. The minimum Gasteiger partial charge on any atom is -0.444 e. The third-order valence-corrected chi connectivity index (χ3v) is 2.07. The highest BCUT2D eigenvalue weighted by Gasteiger charge is 2.01. The smallest absolute Gasteiger partial charge is 0.213 e. The van der Waals surface area contributed by atoms with Crippen molar-refractivity contribution >= 4 is 5.69 Å². The molecular formula is C11H13N3O. The molecule has 0 unspecified atom stereocenters. The number of rotatable bonds is 4. The van der Waals surface area contributed by atoms with E-state index in [-0.39, 0.29) is 0 Å². The van der Waals surface area contributed by atoms with Crippen LogP contribution in [0.2, 0.25) is 0 Å². The second-order valence-electron chi connectivity index (χ2n) is 3.16. The van der Waals surface area contributed by atoms with Gasteiger partial charge in [0.1, 0.15) is 5.76 Å². The Labute approximate surface area is 88.4 Å². The van der Waals surface area contributed by atoms with Gasteiger partial charge in [-0.15, -0.1) is 0 Å². The molecule has 0 amide bonds. The van der Waals surface area contributed by atoms with Crippen molar-refractivity contribution in [3.63, 3.8) is 0 Å². The maximum absolute atomic E-state index is 5.47. The highest BCUT2D eigenvalue weighted by atomic mass is 16.4. The Bertz CT molecular complexity index is 411. The molecule has 2 aromatic rings. The van der Waals surface area contributed by atoms with Crippen molar-refractivity contribution in [1.29, 1.82) is 0 Å². The molecule has 0 saturated carbocycles. The molecule has 0 bridgehead atoms. The maximum Gasteiger partial charge on any atom is 0.213 e. The van der Waals surface area contributed by atoms with Gasteiger partial charge in [0.15, 0.2) is 0 Å². The summed E-state index contributed by atoms with van der Waals surface area (Å²) in [4.78, 5) is 8.10. The van der Waals surface area contributed by atoms with Crippen LogP contribution in [0.15, 0.2) is 35.1 Å². The molecule has 0 atom stereocenters. The van der Waals surface area contributed by atoms with Crippen LogP contribution in [-0.2, 0) is 13.0 Å². The average Bonchev–Trinajstić information content (AvgIpc) is 2.76. The van der Waals surface area contributed by atoms with E-state index < -0.39 is 0 Å². The Kier molecular flexibility index (Phi) is 2.97. The first-order valence-electron chi connectivity index (χ1n) is 4.96. The van der Waals surface area contributed by atoms with Crippen LogP contribution in [0.3, 0.4) is 0 Å². The van der Waals surface area contributed by atoms with E-state index in [0.717, 1.165) is 17.9 Å².